The molecule has 18 heavy (non-hydrogen) atoms. The molecule has 1 aromatic rings. The number of rotatable bonds is 3. The van der Waals surface area contributed by atoms with Crippen LogP contribution in [0.4, 0.5) is 0 Å². The first-order valence-corrected chi connectivity index (χ1v) is 7.11. The Hall–Kier alpha value is -1.02. The summed E-state index contributed by atoms with van der Waals surface area (Å²) >= 11 is 0. The lowest BCUT2D eigenvalue weighted by atomic mass is 9.79. The summed E-state index contributed by atoms with van der Waals surface area (Å²) in [6.07, 6.45) is 3.87. The summed E-state index contributed by atoms with van der Waals surface area (Å²) in [5.74, 6) is 2.03. The number of hydrogen-bond acceptors (Lipinski definition) is 2. The zero-order chi connectivity index (χ0) is 13.1. The van der Waals surface area contributed by atoms with Crippen molar-refractivity contribution in [2.24, 2.45) is 11.8 Å². The van der Waals surface area contributed by atoms with Gasteiger partial charge in [-0.2, -0.15) is 0 Å². The van der Waals surface area contributed by atoms with Gasteiger partial charge in [0.25, 0.3) is 0 Å². The number of aromatic hydroxyl groups is 1. The summed E-state index contributed by atoms with van der Waals surface area (Å²) in [7, 11) is 0. The van der Waals surface area contributed by atoms with Crippen LogP contribution in [0.15, 0.2) is 24.3 Å². The molecule has 0 bridgehead atoms. The molecule has 1 aliphatic rings. The van der Waals surface area contributed by atoms with Crippen molar-refractivity contribution in [2.75, 3.05) is 0 Å². The van der Waals surface area contributed by atoms with E-state index in [4.69, 9.17) is 0 Å². The Morgan fingerprint density at radius 3 is 2.67 bits per heavy atom. The van der Waals surface area contributed by atoms with Gasteiger partial charge in [0.15, 0.2) is 0 Å². The average Bonchev–Trinajstić information content (AvgIpc) is 2.34. The minimum atomic E-state index is 0.308. The first-order valence-electron chi connectivity index (χ1n) is 7.11. The van der Waals surface area contributed by atoms with Crippen LogP contribution in [0.25, 0.3) is 0 Å². The zero-order valence-electron chi connectivity index (χ0n) is 11.7. The first-order chi connectivity index (χ1) is 8.56. The van der Waals surface area contributed by atoms with Crippen molar-refractivity contribution in [3.05, 3.63) is 29.8 Å². The molecule has 0 radical (unpaired) electrons. The Kier molecular flexibility index (Phi) is 4.28. The Bertz CT molecular complexity index is 390. The molecule has 1 saturated carbocycles. The lowest BCUT2D eigenvalue weighted by molar-refractivity contribution is 0.217. The maximum Gasteiger partial charge on any atom is 0.115 e. The van der Waals surface area contributed by atoms with Crippen molar-refractivity contribution in [1.82, 2.24) is 5.32 Å². The molecule has 1 aliphatic carbocycles. The van der Waals surface area contributed by atoms with Crippen LogP contribution in [0.1, 0.15) is 51.6 Å². The summed E-state index contributed by atoms with van der Waals surface area (Å²) in [6.45, 7) is 6.90. The van der Waals surface area contributed by atoms with Crippen molar-refractivity contribution in [1.29, 1.82) is 0 Å². The van der Waals surface area contributed by atoms with Crippen molar-refractivity contribution in [2.45, 2.75) is 52.1 Å². The standard InChI is InChI=1S/C16H25NO/c1-11-7-8-15(9-12(11)2)17-13(3)14-5-4-6-16(18)10-14/h4-6,10-13,15,17-18H,7-9H2,1-3H3. The summed E-state index contributed by atoms with van der Waals surface area (Å²) in [5, 5.41) is 13.2. The molecule has 0 aliphatic heterocycles. The smallest absolute Gasteiger partial charge is 0.115 e. The van der Waals surface area contributed by atoms with Gasteiger partial charge in [0.2, 0.25) is 0 Å². The predicted octanol–water partition coefficient (Wildman–Crippen LogP) is 3.87. The van der Waals surface area contributed by atoms with Gasteiger partial charge in [-0.1, -0.05) is 26.0 Å². The fourth-order valence-electron chi connectivity index (χ4n) is 2.94. The number of phenols is 1. The molecule has 4 unspecified atom stereocenters. The number of phenolic OH excluding ortho intramolecular Hbond substituents is 1. The van der Waals surface area contributed by atoms with Gasteiger partial charge < -0.3 is 10.4 Å². The van der Waals surface area contributed by atoms with E-state index in [1.54, 1.807) is 6.07 Å². The van der Waals surface area contributed by atoms with E-state index in [-0.39, 0.29) is 0 Å². The molecule has 2 heteroatoms. The fourth-order valence-corrected chi connectivity index (χ4v) is 2.94. The number of benzene rings is 1. The van der Waals surface area contributed by atoms with Crippen LogP contribution in [0.5, 0.6) is 5.75 Å². The molecule has 2 nitrogen and oxygen atoms in total. The monoisotopic (exact) mass is 247 g/mol. The molecule has 2 N–H and O–H groups in total. The average molecular weight is 247 g/mol. The largest absolute Gasteiger partial charge is 0.508 e. The summed E-state index contributed by atoms with van der Waals surface area (Å²) < 4.78 is 0. The summed E-state index contributed by atoms with van der Waals surface area (Å²) in [6, 6.07) is 8.49. The van der Waals surface area contributed by atoms with Gasteiger partial charge in [0, 0.05) is 12.1 Å². The number of nitrogens with one attached hydrogen (secondary N) is 1. The predicted molar refractivity (Wildman–Crippen MR) is 75.6 cm³/mol. The normalized spacial score (nSPS) is 30.1. The molecule has 0 heterocycles. The van der Waals surface area contributed by atoms with Gasteiger partial charge >= 0.3 is 0 Å². The van der Waals surface area contributed by atoms with Gasteiger partial charge in [0.05, 0.1) is 0 Å². The van der Waals surface area contributed by atoms with Crippen LogP contribution in [0.2, 0.25) is 0 Å². The second-order valence-corrected chi connectivity index (χ2v) is 5.95. The van der Waals surface area contributed by atoms with E-state index in [1.165, 1.54) is 24.8 Å². The highest BCUT2D eigenvalue weighted by Gasteiger charge is 2.25. The van der Waals surface area contributed by atoms with E-state index in [0.29, 0.717) is 17.8 Å². The van der Waals surface area contributed by atoms with Crippen LogP contribution in [0.3, 0.4) is 0 Å². The zero-order valence-corrected chi connectivity index (χ0v) is 11.7. The summed E-state index contributed by atoms with van der Waals surface area (Å²) in [5.41, 5.74) is 1.17. The molecule has 2 rings (SSSR count). The fraction of sp³-hybridized carbons (Fsp3) is 0.625. The van der Waals surface area contributed by atoms with E-state index in [9.17, 15) is 5.11 Å². The first kappa shape index (κ1) is 13.4. The highest BCUT2D eigenvalue weighted by molar-refractivity contribution is 5.29. The van der Waals surface area contributed by atoms with Gasteiger partial charge in [-0.05, 0) is 55.7 Å². The highest BCUT2D eigenvalue weighted by Crippen LogP contribution is 2.30. The summed E-state index contributed by atoms with van der Waals surface area (Å²) in [4.78, 5) is 0. The topological polar surface area (TPSA) is 32.3 Å². The lowest BCUT2D eigenvalue weighted by Crippen LogP contribution is -2.37. The van der Waals surface area contributed by atoms with E-state index in [2.05, 4.69) is 32.2 Å². The van der Waals surface area contributed by atoms with Crippen molar-refractivity contribution < 1.29 is 5.11 Å². The molecule has 4 atom stereocenters. The van der Waals surface area contributed by atoms with Crippen molar-refractivity contribution in [3.8, 4) is 5.75 Å². The molecule has 0 amide bonds. The maximum atomic E-state index is 9.52. The van der Waals surface area contributed by atoms with E-state index in [0.717, 1.165) is 11.8 Å². The third kappa shape index (κ3) is 3.26. The third-order valence-corrected chi connectivity index (χ3v) is 4.45. The Morgan fingerprint density at radius 2 is 2.00 bits per heavy atom. The van der Waals surface area contributed by atoms with E-state index >= 15 is 0 Å². The molecule has 0 spiro atoms. The SMILES string of the molecule is CC(NC1CCC(C)C(C)C1)c1cccc(O)c1. The minimum absolute atomic E-state index is 0.308. The molecular formula is C16H25NO. The Labute approximate surface area is 110 Å². The van der Waals surface area contributed by atoms with Crippen molar-refractivity contribution >= 4 is 0 Å². The van der Waals surface area contributed by atoms with E-state index < -0.39 is 0 Å². The van der Waals surface area contributed by atoms with Crippen LogP contribution >= 0.6 is 0 Å². The minimum Gasteiger partial charge on any atom is -0.508 e. The van der Waals surface area contributed by atoms with Crippen LogP contribution < -0.4 is 5.32 Å². The second-order valence-electron chi connectivity index (χ2n) is 5.95. The quantitative estimate of drug-likeness (QED) is 0.850. The van der Waals surface area contributed by atoms with Gasteiger partial charge in [0.1, 0.15) is 5.75 Å². The maximum absolute atomic E-state index is 9.52. The van der Waals surface area contributed by atoms with Gasteiger partial charge in [-0.3, -0.25) is 0 Å². The van der Waals surface area contributed by atoms with Crippen molar-refractivity contribution in [3.63, 3.8) is 0 Å². The Morgan fingerprint density at radius 1 is 1.22 bits per heavy atom. The van der Waals surface area contributed by atoms with Gasteiger partial charge in [-0.25, -0.2) is 0 Å². The van der Waals surface area contributed by atoms with Gasteiger partial charge in [-0.15, -0.1) is 0 Å². The molecule has 1 fully saturated rings. The molecule has 100 valence electrons. The lowest BCUT2D eigenvalue weighted by Gasteiger charge is -2.34. The second kappa shape index (κ2) is 5.75. The molecule has 0 saturated heterocycles. The highest BCUT2D eigenvalue weighted by atomic mass is 16.3. The third-order valence-electron chi connectivity index (χ3n) is 4.45. The molecule has 1 aromatic carbocycles. The number of hydrogen-bond donors (Lipinski definition) is 2. The van der Waals surface area contributed by atoms with Crippen LogP contribution in [-0.4, -0.2) is 11.1 Å². The van der Waals surface area contributed by atoms with Crippen LogP contribution in [-0.2, 0) is 0 Å². The van der Waals surface area contributed by atoms with E-state index in [1.807, 2.05) is 12.1 Å². The molecule has 0 aromatic heterocycles. The van der Waals surface area contributed by atoms with Crippen LogP contribution in [0, 0.1) is 11.8 Å². The molecular weight excluding hydrogens is 222 g/mol. The Balaban J connectivity index is 1.93.